The third-order valence-corrected chi connectivity index (χ3v) is 2.74. The summed E-state index contributed by atoms with van der Waals surface area (Å²) in [6, 6.07) is 11.3. The van der Waals surface area contributed by atoms with Gasteiger partial charge in [-0.1, -0.05) is 12.1 Å². The molecule has 0 N–H and O–H groups in total. The lowest BCUT2D eigenvalue weighted by atomic mass is 10.1. The van der Waals surface area contributed by atoms with Crippen molar-refractivity contribution in [1.82, 2.24) is 0 Å². The Hall–Kier alpha value is -2.23. The Balaban J connectivity index is 2.08. The summed E-state index contributed by atoms with van der Waals surface area (Å²) in [7, 11) is 0. The van der Waals surface area contributed by atoms with Gasteiger partial charge in [0.15, 0.2) is 0 Å². The van der Waals surface area contributed by atoms with Gasteiger partial charge in [-0.05, 0) is 24.3 Å². The summed E-state index contributed by atoms with van der Waals surface area (Å²) >= 11 is 0. The molecule has 0 unspecified atom stereocenters. The van der Waals surface area contributed by atoms with Gasteiger partial charge < -0.3 is 9.15 Å². The highest BCUT2D eigenvalue weighted by Gasteiger charge is 2.26. The number of para-hydroxylation sites is 1. The van der Waals surface area contributed by atoms with Gasteiger partial charge >= 0.3 is 6.09 Å². The topological polar surface area (TPSA) is 42.7 Å². The van der Waals surface area contributed by atoms with E-state index in [1.807, 2.05) is 36.4 Å². The molecule has 0 bridgehead atoms. The number of amides is 1. The van der Waals surface area contributed by atoms with Crippen molar-refractivity contribution >= 4 is 11.8 Å². The normalized spacial score (nSPS) is 15.1. The van der Waals surface area contributed by atoms with E-state index in [1.165, 1.54) is 0 Å². The van der Waals surface area contributed by atoms with E-state index < -0.39 is 0 Å². The first-order valence-electron chi connectivity index (χ1n) is 5.43. The van der Waals surface area contributed by atoms with Crippen LogP contribution in [0.15, 0.2) is 47.1 Å². The summed E-state index contributed by atoms with van der Waals surface area (Å²) in [4.78, 5) is 13.2. The molecular formula is C13H11NO3. The lowest BCUT2D eigenvalue weighted by molar-refractivity contribution is 0.181. The minimum atomic E-state index is -0.302. The molecular weight excluding hydrogens is 218 g/mol. The van der Waals surface area contributed by atoms with Crippen LogP contribution in [0.1, 0.15) is 0 Å². The number of nitrogens with zero attached hydrogens (tertiary/aromatic N) is 1. The van der Waals surface area contributed by atoms with Crippen molar-refractivity contribution < 1.29 is 13.9 Å². The Kier molecular flexibility index (Phi) is 2.33. The predicted molar refractivity (Wildman–Crippen MR) is 62.8 cm³/mol. The number of furan rings is 1. The van der Waals surface area contributed by atoms with Crippen LogP contribution in [0.25, 0.3) is 11.3 Å². The van der Waals surface area contributed by atoms with Gasteiger partial charge in [-0.15, -0.1) is 0 Å². The van der Waals surface area contributed by atoms with Crippen LogP contribution in [0.3, 0.4) is 0 Å². The van der Waals surface area contributed by atoms with Gasteiger partial charge in [-0.2, -0.15) is 0 Å². The van der Waals surface area contributed by atoms with Gasteiger partial charge in [0, 0.05) is 5.56 Å². The van der Waals surface area contributed by atoms with Crippen molar-refractivity contribution in [3.8, 4) is 11.3 Å². The number of hydrogen-bond donors (Lipinski definition) is 0. The number of carbonyl (C=O) groups excluding carboxylic acids is 1. The van der Waals surface area contributed by atoms with Crippen LogP contribution in [0.5, 0.6) is 0 Å². The molecule has 2 heterocycles. The number of cyclic esters (lactones) is 1. The molecule has 3 rings (SSSR count). The zero-order valence-corrected chi connectivity index (χ0v) is 9.13. The number of ether oxygens (including phenoxy) is 1. The monoisotopic (exact) mass is 229 g/mol. The summed E-state index contributed by atoms with van der Waals surface area (Å²) in [6.07, 6.45) is 1.32. The molecule has 17 heavy (non-hydrogen) atoms. The molecule has 1 saturated heterocycles. The maximum atomic E-state index is 11.6. The number of hydrogen-bond acceptors (Lipinski definition) is 3. The molecule has 1 aromatic carbocycles. The van der Waals surface area contributed by atoms with E-state index in [-0.39, 0.29) is 6.09 Å². The van der Waals surface area contributed by atoms with E-state index in [9.17, 15) is 4.79 Å². The molecule has 1 aromatic heterocycles. The van der Waals surface area contributed by atoms with Crippen molar-refractivity contribution in [1.29, 1.82) is 0 Å². The molecule has 4 nitrogen and oxygen atoms in total. The smallest absolute Gasteiger partial charge is 0.414 e. The van der Waals surface area contributed by atoms with Crippen LogP contribution >= 0.6 is 0 Å². The summed E-state index contributed by atoms with van der Waals surface area (Å²) in [5.41, 5.74) is 1.72. The largest absolute Gasteiger partial charge is 0.464 e. The summed E-state index contributed by atoms with van der Waals surface area (Å²) < 4.78 is 10.3. The van der Waals surface area contributed by atoms with E-state index in [0.29, 0.717) is 13.2 Å². The third kappa shape index (κ3) is 1.67. The van der Waals surface area contributed by atoms with Crippen molar-refractivity contribution in [3.63, 3.8) is 0 Å². The van der Waals surface area contributed by atoms with Gasteiger partial charge in [-0.3, -0.25) is 4.90 Å². The quantitative estimate of drug-likeness (QED) is 0.795. The van der Waals surface area contributed by atoms with Crippen molar-refractivity contribution in [2.24, 2.45) is 0 Å². The van der Waals surface area contributed by atoms with E-state index in [4.69, 9.17) is 9.15 Å². The number of benzene rings is 1. The standard InChI is InChI=1S/C13H11NO3/c15-13-14(7-9-17-13)11-5-2-1-4-10(11)12-6-3-8-16-12/h1-6,8H,7,9H2. The van der Waals surface area contributed by atoms with E-state index >= 15 is 0 Å². The molecule has 4 heteroatoms. The van der Waals surface area contributed by atoms with Crippen LogP contribution < -0.4 is 4.90 Å². The average molecular weight is 229 g/mol. The Morgan fingerprint density at radius 3 is 2.71 bits per heavy atom. The fourth-order valence-electron chi connectivity index (χ4n) is 1.96. The zero-order valence-electron chi connectivity index (χ0n) is 9.13. The van der Waals surface area contributed by atoms with E-state index in [2.05, 4.69) is 0 Å². The molecule has 0 aliphatic carbocycles. The second-order valence-electron chi connectivity index (χ2n) is 3.76. The first-order chi connectivity index (χ1) is 8.36. The van der Waals surface area contributed by atoms with Crippen LogP contribution in [0, 0.1) is 0 Å². The van der Waals surface area contributed by atoms with Crippen molar-refractivity contribution in [2.45, 2.75) is 0 Å². The molecule has 2 aromatic rings. The average Bonchev–Trinajstić information content (AvgIpc) is 3.00. The third-order valence-electron chi connectivity index (χ3n) is 2.74. The van der Waals surface area contributed by atoms with Gasteiger partial charge in [0.05, 0.1) is 18.5 Å². The Labute approximate surface area is 98.4 Å². The fourth-order valence-corrected chi connectivity index (χ4v) is 1.96. The molecule has 1 aliphatic rings. The van der Waals surface area contributed by atoms with Gasteiger partial charge in [0.1, 0.15) is 12.4 Å². The Morgan fingerprint density at radius 1 is 1.12 bits per heavy atom. The second-order valence-corrected chi connectivity index (χ2v) is 3.76. The molecule has 0 saturated carbocycles. The predicted octanol–water partition coefficient (Wildman–Crippen LogP) is 2.90. The Bertz CT molecular complexity index is 533. The van der Waals surface area contributed by atoms with Crippen LogP contribution in [-0.4, -0.2) is 19.2 Å². The minimum Gasteiger partial charge on any atom is -0.464 e. The lowest BCUT2D eigenvalue weighted by Crippen LogP contribution is -2.23. The molecule has 0 atom stereocenters. The highest BCUT2D eigenvalue weighted by atomic mass is 16.6. The zero-order chi connectivity index (χ0) is 11.7. The van der Waals surface area contributed by atoms with E-state index in [0.717, 1.165) is 17.0 Å². The van der Waals surface area contributed by atoms with Gasteiger partial charge in [-0.25, -0.2) is 4.79 Å². The molecule has 0 spiro atoms. The number of carbonyl (C=O) groups is 1. The van der Waals surface area contributed by atoms with E-state index in [1.54, 1.807) is 11.2 Å². The van der Waals surface area contributed by atoms with Crippen LogP contribution in [-0.2, 0) is 4.74 Å². The maximum absolute atomic E-state index is 11.6. The summed E-state index contributed by atoms with van der Waals surface area (Å²) in [5, 5.41) is 0. The van der Waals surface area contributed by atoms with Gasteiger partial charge in [0.2, 0.25) is 0 Å². The maximum Gasteiger partial charge on any atom is 0.414 e. The fraction of sp³-hybridized carbons (Fsp3) is 0.154. The molecule has 1 amide bonds. The minimum absolute atomic E-state index is 0.302. The summed E-state index contributed by atoms with van der Waals surface area (Å²) in [6.45, 7) is 1.02. The Morgan fingerprint density at radius 2 is 2.00 bits per heavy atom. The molecule has 0 radical (unpaired) electrons. The molecule has 1 fully saturated rings. The van der Waals surface area contributed by atoms with Crippen LogP contribution in [0.4, 0.5) is 10.5 Å². The van der Waals surface area contributed by atoms with Crippen molar-refractivity contribution in [2.75, 3.05) is 18.1 Å². The highest BCUT2D eigenvalue weighted by molar-refractivity contribution is 5.94. The first kappa shape index (κ1) is 9.96. The molecule has 86 valence electrons. The van der Waals surface area contributed by atoms with Crippen LogP contribution in [0.2, 0.25) is 0 Å². The van der Waals surface area contributed by atoms with Gasteiger partial charge in [0.25, 0.3) is 0 Å². The lowest BCUT2D eigenvalue weighted by Gasteiger charge is -2.15. The van der Waals surface area contributed by atoms with Crippen molar-refractivity contribution in [3.05, 3.63) is 42.7 Å². The SMILES string of the molecule is O=C1OCCN1c1ccccc1-c1ccco1. The first-order valence-corrected chi connectivity index (χ1v) is 5.43. The number of anilines is 1. The number of rotatable bonds is 2. The summed E-state index contributed by atoms with van der Waals surface area (Å²) in [5.74, 6) is 0.750. The second kappa shape index (κ2) is 3.97. The highest BCUT2D eigenvalue weighted by Crippen LogP contribution is 2.32. The molecule has 1 aliphatic heterocycles.